The average Bonchev–Trinajstić information content (AvgIpc) is 3.10. The minimum absolute atomic E-state index is 0.0305. The quantitative estimate of drug-likeness (QED) is 0.729. The van der Waals surface area contributed by atoms with E-state index in [2.05, 4.69) is 15.8 Å². The highest BCUT2D eigenvalue weighted by Crippen LogP contribution is 2.28. The van der Waals surface area contributed by atoms with Crippen LogP contribution in [0.5, 0.6) is 5.75 Å². The number of nitrogens with one attached hydrogen (secondary N) is 2. The zero-order valence-electron chi connectivity index (χ0n) is 15.3. The Labute approximate surface area is 161 Å². The summed E-state index contributed by atoms with van der Waals surface area (Å²) in [5.74, 6) is 0.315. The Morgan fingerprint density at radius 2 is 2.04 bits per heavy atom. The number of hydrogen-bond acceptors (Lipinski definition) is 5. The molecule has 142 valence electrons. The fourth-order valence-corrected chi connectivity index (χ4v) is 2.96. The predicted octanol–water partition coefficient (Wildman–Crippen LogP) is 2.70. The van der Waals surface area contributed by atoms with Gasteiger partial charge in [-0.2, -0.15) is 0 Å². The van der Waals surface area contributed by atoms with Gasteiger partial charge in [-0.25, -0.2) is 0 Å². The van der Waals surface area contributed by atoms with Crippen molar-refractivity contribution in [3.8, 4) is 5.75 Å². The molecule has 1 aromatic heterocycles. The zero-order chi connectivity index (χ0) is 19.5. The van der Waals surface area contributed by atoms with Crippen LogP contribution < -0.4 is 15.4 Å². The number of aromatic nitrogens is 1. The van der Waals surface area contributed by atoms with E-state index < -0.39 is 11.9 Å². The monoisotopic (exact) mass is 377 g/mol. The van der Waals surface area contributed by atoms with Crippen molar-refractivity contribution in [3.63, 3.8) is 0 Å². The van der Waals surface area contributed by atoms with E-state index >= 15 is 0 Å². The number of carbonyl (C=O) groups excluding carboxylic acids is 2. The second kappa shape index (κ2) is 7.56. The summed E-state index contributed by atoms with van der Waals surface area (Å²) in [4.78, 5) is 24.9. The molecule has 0 aliphatic carbocycles. The van der Waals surface area contributed by atoms with Crippen LogP contribution in [0.3, 0.4) is 0 Å². The number of nitrogens with zero attached hydrogens (tertiary/aromatic N) is 1. The lowest BCUT2D eigenvalue weighted by atomic mass is 10.1. The van der Waals surface area contributed by atoms with Gasteiger partial charge in [0.2, 0.25) is 0 Å². The molecule has 7 nitrogen and oxygen atoms in total. The van der Waals surface area contributed by atoms with Crippen LogP contribution in [-0.4, -0.2) is 29.6 Å². The smallest absolute Gasteiger partial charge is 0.274 e. The van der Waals surface area contributed by atoms with Gasteiger partial charge in [0.15, 0.2) is 5.69 Å². The number of fused-ring (bicyclic) bond motifs is 1. The van der Waals surface area contributed by atoms with Gasteiger partial charge in [-0.1, -0.05) is 41.6 Å². The number of aryl methyl sites for hydroxylation is 1. The fourth-order valence-electron chi connectivity index (χ4n) is 2.96. The standard InChI is InChI=1S/C21H19N3O4/c1-13-7-8-16-19(9-13)27-12-18(21(26)22-16)23-20(25)17-11-15(28-24-17)10-14-5-3-2-4-6-14/h2-9,11,18H,10,12H2,1H3,(H,22,26)(H,23,25). The molecule has 2 N–H and O–H groups in total. The highest BCUT2D eigenvalue weighted by Gasteiger charge is 2.27. The minimum atomic E-state index is -0.838. The number of anilines is 1. The van der Waals surface area contributed by atoms with Gasteiger partial charge in [-0.05, 0) is 30.2 Å². The van der Waals surface area contributed by atoms with Crippen LogP contribution in [0.4, 0.5) is 5.69 Å². The van der Waals surface area contributed by atoms with E-state index in [4.69, 9.17) is 9.26 Å². The molecule has 0 saturated carbocycles. The molecule has 0 saturated heterocycles. The lowest BCUT2D eigenvalue weighted by Crippen LogP contribution is -2.46. The molecule has 3 aromatic rings. The molecule has 4 rings (SSSR count). The summed E-state index contributed by atoms with van der Waals surface area (Å²) in [6.07, 6.45) is 0.531. The Bertz CT molecular complexity index is 1010. The summed E-state index contributed by atoms with van der Waals surface area (Å²) >= 11 is 0. The first-order valence-electron chi connectivity index (χ1n) is 8.93. The lowest BCUT2D eigenvalue weighted by molar-refractivity contribution is -0.118. The molecule has 0 spiro atoms. The van der Waals surface area contributed by atoms with E-state index in [0.717, 1.165) is 11.1 Å². The fraction of sp³-hybridized carbons (Fsp3) is 0.190. The molecule has 0 radical (unpaired) electrons. The molecule has 1 aliphatic heterocycles. The third-order valence-electron chi connectivity index (χ3n) is 4.44. The summed E-state index contributed by atoms with van der Waals surface area (Å²) in [7, 11) is 0. The maximum absolute atomic E-state index is 12.5. The topological polar surface area (TPSA) is 93.5 Å². The van der Waals surface area contributed by atoms with E-state index in [0.29, 0.717) is 23.6 Å². The third kappa shape index (κ3) is 3.88. The molecule has 0 bridgehead atoms. The van der Waals surface area contributed by atoms with Crippen molar-refractivity contribution in [2.75, 3.05) is 11.9 Å². The maximum Gasteiger partial charge on any atom is 0.274 e. The van der Waals surface area contributed by atoms with E-state index in [1.165, 1.54) is 0 Å². The summed E-state index contributed by atoms with van der Waals surface area (Å²) < 4.78 is 10.9. The number of hydrogen-bond donors (Lipinski definition) is 2. The van der Waals surface area contributed by atoms with Gasteiger partial charge in [0.1, 0.15) is 24.2 Å². The number of ether oxygens (including phenoxy) is 1. The summed E-state index contributed by atoms with van der Waals surface area (Å²) in [5, 5.41) is 9.24. The molecule has 0 fully saturated rings. The van der Waals surface area contributed by atoms with Crippen LogP contribution in [-0.2, 0) is 11.2 Å². The molecule has 1 atom stereocenters. The van der Waals surface area contributed by atoms with Crippen LogP contribution in [0, 0.1) is 6.92 Å². The normalized spacial score (nSPS) is 15.8. The molecular weight excluding hydrogens is 358 g/mol. The lowest BCUT2D eigenvalue weighted by Gasteiger charge is -2.13. The third-order valence-corrected chi connectivity index (χ3v) is 4.44. The van der Waals surface area contributed by atoms with Crippen LogP contribution in [0.2, 0.25) is 0 Å². The largest absolute Gasteiger partial charge is 0.489 e. The SMILES string of the molecule is Cc1ccc2c(c1)OCC(NC(=O)c1cc(Cc3ccccc3)on1)C(=O)N2. The second-order valence-corrected chi connectivity index (χ2v) is 6.67. The average molecular weight is 377 g/mol. The summed E-state index contributed by atoms with van der Waals surface area (Å²) in [5.41, 5.74) is 2.77. The highest BCUT2D eigenvalue weighted by molar-refractivity contribution is 6.01. The Balaban J connectivity index is 1.42. The van der Waals surface area contributed by atoms with Crippen LogP contribution in [0.1, 0.15) is 27.4 Å². The van der Waals surface area contributed by atoms with Crippen molar-refractivity contribution >= 4 is 17.5 Å². The second-order valence-electron chi connectivity index (χ2n) is 6.67. The molecule has 1 aliphatic rings. The molecule has 28 heavy (non-hydrogen) atoms. The van der Waals surface area contributed by atoms with E-state index in [1.807, 2.05) is 49.4 Å². The molecular formula is C21H19N3O4. The van der Waals surface area contributed by atoms with Crippen molar-refractivity contribution in [2.45, 2.75) is 19.4 Å². The van der Waals surface area contributed by atoms with Gasteiger partial charge in [0.25, 0.3) is 11.8 Å². The van der Waals surface area contributed by atoms with E-state index in [9.17, 15) is 9.59 Å². The summed E-state index contributed by atoms with van der Waals surface area (Å²) in [6, 6.07) is 16.0. The van der Waals surface area contributed by atoms with E-state index in [1.54, 1.807) is 12.1 Å². The van der Waals surface area contributed by atoms with Crippen molar-refractivity contribution in [1.82, 2.24) is 10.5 Å². The number of benzene rings is 2. The first-order valence-corrected chi connectivity index (χ1v) is 8.93. The molecule has 1 unspecified atom stereocenters. The number of rotatable bonds is 4. The van der Waals surface area contributed by atoms with Gasteiger partial charge < -0.3 is 19.9 Å². The minimum Gasteiger partial charge on any atom is -0.489 e. The van der Waals surface area contributed by atoms with Crippen LogP contribution >= 0.6 is 0 Å². The molecule has 7 heteroatoms. The molecule has 2 heterocycles. The van der Waals surface area contributed by atoms with Gasteiger partial charge in [0.05, 0.1) is 5.69 Å². The van der Waals surface area contributed by atoms with Crippen molar-refractivity contribution in [3.05, 3.63) is 77.2 Å². The first-order chi connectivity index (χ1) is 13.6. The predicted molar refractivity (Wildman–Crippen MR) is 102 cm³/mol. The number of amides is 2. The van der Waals surface area contributed by atoms with Crippen molar-refractivity contribution in [1.29, 1.82) is 0 Å². The number of carbonyl (C=O) groups is 2. The van der Waals surface area contributed by atoms with Gasteiger partial charge in [-0.15, -0.1) is 0 Å². The highest BCUT2D eigenvalue weighted by atomic mass is 16.5. The Hall–Kier alpha value is -3.61. The molecule has 2 aromatic carbocycles. The zero-order valence-corrected chi connectivity index (χ0v) is 15.3. The van der Waals surface area contributed by atoms with Gasteiger partial charge in [0, 0.05) is 12.5 Å². The van der Waals surface area contributed by atoms with Crippen LogP contribution in [0.15, 0.2) is 59.1 Å². The summed E-state index contributed by atoms with van der Waals surface area (Å²) in [6.45, 7) is 1.97. The van der Waals surface area contributed by atoms with Crippen molar-refractivity contribution in [2.24, 2.45) is 0 Å². The van der Waals surface area contributed by atoms with E-state index in [-0.39, 0.29) is 18.2 Å². The Morgan fingerprint density at radius 1 is 1.21 bits per heavy atom. The Morgan fingerprint density at radius 3 is 2.86 bits per heavy atom. The van der Waals surface area contributed by atoms with Gasteiger partial charge >= 0.3 is 0 Å². The Kier molecular flexibility index (Phi) is 4.80. The first kappa shape index (κ1) is 17.8. The maximum atomic E-state index is 12.5. The van der Waals surface area contributed by atoms with Crippen LogP contribution in [0.25, 0.3) is 0 Å². The van der Waals surface area contributed by atoms with Crippen molar-refractivity contribution < 1.29 is 18.8 Å². The van der Waals surface area contributed by atoms with Gasteiger partial charge in [-0.3, -0.25) is 9.59 Å². The molecule has 2 amide bonds.